The largest absolute Gasteiger partial charge is 0.495 e. The number of piperazine rings is 1. The zero-order valence-corrected chi connectivity index (χ0v) is 13.9. The predicted octanol–water partition coefficient (Wildman–Crippen LogP) is 2.12. The van der Waals surface area contributed by atoms with Crippen molar-refractivity contribution in [2.75, 3.05) is 38.2 Å². The second kappa shape index (κ2) is 7.36. The first-order valence-corrected chi connectivity index (χ1v) is 8.19. The van der Waals surface area contributed by atoms with Gasteiger partial charge in [-0.15, -0.1) is 0 Å². The van der Waals surface area contributed by atoms with Crippen LogP contribution >= 0.6 is 0 Å². The highest BCUT2D eigenvalue weighted by molar-refractivity contribution is 5.94. The third-order valence-corrected chi connectivity index (χ3v) is 4.43. The molecule has 1 aliphatic rings. The monoisotopic (exact) mass is 325 g/mol. The molecular weight excluding hydrogens is 302 g/mol. The molecule has 3 rings (SSSR count). The topological polar surface area (TPSA) is 58.8 Å². The second-order valence-corrected chi connectivity index (χ2v) is 5.85. The molecule has 1 amide bonds. The number of carbonyl (C=O) groups excluding carboxylic acids is 1. The number of carbonyl (C=O) groups is 1. The number of nitrogens with zero attached hydrogens (tertiary/aromatic N) is 2. The van der Waals surface area contributed by atoms with Crippen molar-refractivity contribution >= 4 is 11.6 Å². The molecule has 5 heteroatoms. The van der Waals surface area contributed by atoms with E-state index in [1.165, 1.54) is 0 Å². The van der Waals surface area contributed by atoms with Crippen molar-refractivity contribution in [3.8, 4) is 5.75 Å². The van der Waals surface area contributed by atoms with Crippen LogP contribution in [0.3, 0.4) is 0 Å². The summed E-state index contributed by atoms with van der Waals surface area (Å²) in [6.45, 7) is 3.50. The van der Waals surface area contributed by atoms with Crippen LogP contribution in [0.4, 0.5) is 5.69 Å². The Bertz CT molecular complexity index is 692. The van der Waals surface area contributed by atoms with Crippen molar-refractivity contribution in [3.05, 3.63) is 59.7 Å². The molecule has 126 valence electrons. The lowest BCUT2D eigenvalue weighted by Crippen LogP contribution is -2.48. The molecule has 24 heavy (non-hydrogen) atoms. The molecular formula is C19H23N3O2. The quantitative estimate of drug-likeness (QED) is 0.935. The summed E-state index contributed by atoms with van der Waals surface area (Å²) < 4.78 is 5.43. The minimum absolute atomic E-state index is 0.0817. The van der Waals surface area contributed by atoms with E-state index in [0.717, 1.165) is 35.7 Å². The van der Waals surface area contributed by atoms with Crippen molar-refractivity contribution in [1.82, 2.24) is 4.90 Å². The Kier molecular flexibility index (Phi) is 5.01. The van der Waals surface area contributed by atoms with Gasteiger partial charge in [-0.2, -0.15) is 0 Å². The van der Waals surface area contributed by atoms with Crippen LogP contribution in [0.1, 0.15) is 15.9 Å². The van der Waals surface area contributed by atoms with E-state index < -0.39 is 0 Å². The zero-order valence-electron chi connectivity index (χ0n) is 13.9. The maximum atomic E-state index is 12.6. The van der Waals surface area contributed by atoms with E-state index >= 15 is 0 Å². The van der Waals surface area contributed by atoms with Crippen LogP contribution < -0.4 is 15.4 Å². The molecule has 2 aromatic carbocycles. The van der Waals surface area contributed by atoms with E-state index in [2.05, 4.69) is 11.0 Å². The molecule has 2 N–H and O–H groups in total. The molecule has 0 aliphatic carbocycles. The molecule has 0 radical (unpaired) electrons. The van der Waals surface area contributed by atoms with Crippen molar-refractivity contribution in [2.24, 2.45) is 5.73 Å². The van der Waals surface area contributed by atoms with E-state index in [1.54, 1.807) is 7.11 Å². The molecule has 1 saturated heterocycles. The number of methoxy groups -OCH3 is 1. The summed E-state index contributed by atoms with van der Waals surface area (Å²) in [5, 5.41) is 0. The number of hydrogen-bond acceptors (Lipinski definition) is 4. The van der Waals surface area contributed by atoms with Gasteiger partial charge in [0.2, 0.25) is 0 Å². The van der Waals surface area contributed by atoms with E-state index in [1.807, 2.05) is 47.4 Å². The summed E-state index contributed by atoms with van der Waals surface area (Å²) in [7, 11) is 1.68. The van der Waals surface area contributed by atoms with Crippen LogP contribution in [0.5, 0.6) is 5.75 Å². The van der Waals surface area contributed by atoms with Gasteiger partial charge >= 0.3 is 0 Å². The molecule has 0 aromatic heterocycles. The maximum absolute atomic E-state index is 12.6. The van der Waals surface area contributed by atoms with Crippen LogP contribution in [0, 0.1) is 0 Å². The third-order valence-electron chi connectivity index (χ3n) is 4.43. The molecule has 0 saturated carbocycles. The Balaban J connectivity index is 1.65. The molecule has 2 aromatic rings. The Labute approximate surface area is 142 Å². The van der Waals surface area contributed by atoms with Crippen LogP contribution in [-0.4, -0.2) is 44.1 Å². The van der Waals surface area contributed by atoms with Crippen LogP contribution in [0.2, 0.25) is 0 Å². The van der Waals surface area contributed by atoms with Gasteiger partial charge in [0.15, 0.2) is 0 Å². The van der Waals surface area contributed by atoms with Crippen LogP contribution in [0.15, 0.2) is 48.5 Å². The first-order chi connectivity index (χ1) is 11.7. The van der Waals surface area contributed by atoms with Crippen molar-refractivity contribution < 1.29 is 9.53 Å². The molecule has 0 bridgehead atoms. The number of benzene rings is 2. The van der Waals surface area contributed by atoms with Gasteiger partial charge in [-0.05, 0) is 29.8 Å². The van der Waals surface area contributed by atoms with Gasteiger partial charge in [0.05, 0.1) is 12.8 Å². The van der Waals surface area contributed by atoms with Gasteiger partial charge in [0, 0.05) is 38.3 Å². The summed E-state index contributed by atoms with van der Waals surface area (Å²) in [4.78, 5) is 16.8. The van der Waals surface area contributed by atoms with E-state index in [0.29, 0.717) is 19.6 Å². The number of amides is 1. The molecule has 0 atom stereocenters. The lowest BCUT2D eigenvalue weighted by Gasteiger charge is -2.36. The van der Waals surface area contributed by atoms with Gasteiger partial charge in [-0.1, -0.05) is 24.3 Å². The number of nitrogens with two attached hydrogens (primary N) is 1. The molecule has 1 heterocycles. The Morgan fingerprint density at radius 3 is 2.33 bits per heavy atom. The number of anilines is 1. The maximum Gasteiger partial charge on any atom is 0.253 e. The highest BCUT2D eigenvalue weighted by Gasteiger charge is 2.23. The highest BCUT2D eigenvalue weighted by Crippen LogP contribution is 2.28. The van der Waals surface area contributed by atoms with E-state index in [4.69, 9.17) is 10.5 Å². The number of hydrogen-bond donors (Lipinski definition) is 1. The fraction of sp³-hybridized carbons (Fsp3) is 0.316. The molecule has 5 nitrogen and oxygen atoms in total. The van der Waals surface area contributed by atoms with Crippen LogP contribution in [-0.2, 0) is 6.54 Å². The summed E-state index contributed by atoms with van der Waals surface area (Å²) >= 11 is 0. The fourth-order valence-electron chi connectivity index (χ4n) is 3.01. The van der Waals surface area contributed by atoms with Crippen LogP contribution in [0.25, 0.3) is 0 Å². The standard InChI is InChI=1S/C19H23N3O2/c1-24-18-5-3-2-4-17(18)21-10-12-22(13-11-21)19(23)16-8-6-15(14-20)7-9-16/h2-9H,10-14,20H2,1H3. The third kappa shape index (κ3) is 3.36. The first-order valence-electron chi connectivity index (χ1n) is 8.19. The Morgan fingerprint density at radius 2 is 1.71 bits per heavy atom. The first kappa shape index (κ1) is 16.3. The number of ether oxygens (including phenoxy) is 1. The van der Waals surface area contributed by atoms with E-state index in [-0.39, 0.29) is 5.91 Å². The summed E-state index contributed by atoms with van der Waals surface area (Å²) in [6, 6.07) is 15.5. The fourth-order valence-corrected chi connectivity index (χ4v) is 3.01. The lowest BCUT2D eigenvalue weighted by molar-refractivity contribution is 0.0746. The second-order valence-electron chi connectivity index (χ2n) is 5.85. The summed E-state index contributed by atoms with van der Waals surface area (Å²) in [5.41, 5.74) is 8.44. The minimum atomic E-state index is 0.0817. The normalized spacial score (nSPS) is 14.6. The Hall–Kier alpha value is -2.53. The van der Waals surface area contributed by atoms with Gasteiger partial charge in [0.25, 0.3) is 5.91 Å². The molecule has 1 aliphatic heterocycles. The van der Waals surface area contributed by atoms with Crippen molar-refractivity contribution in [2.45, 2.75) is 6.54 Å². The predicted molar refractivity (Wildman–Crippen MR) is 95.4 cm³/mol. The van der Waals surface area contributed by atoms with Crippen molar-refractivity contribution in [1.29, 1.82) is 0 Å². The highest BCUT2D eigenvalue weighted by atomic mass is 16.5. The van der Waals surface area contributed by atoms with Gasteiger partial charge < -0.3 is 20.3 Å². The molecule has 1 fully saturated rings. The number of para-hydroxylation sites is 2. The average Bonchev–Trinajstić information content (AvgIpc) is 2.67. The zero-order chi connectivity index (χ0) is 16.9. The lowest BCUT2D eigenvalue weighted by atomic mass is 10.1. The number of rotatable bonds is 4. The minimum Gasteiger partial charge on any atom is -0.495 e. The Morgan fingerprint density at radius 1 is 1.04 bits per heavy atom. The van der Waals surface area contributed by atoms with Crippen molar-refractivity contribution in [3.63, 3.8) is 0 Å². The molecule has 0 unspecified atom stereocenters. The van der Waals surface area contributed by atoms with E-state index in [9.17, 15) is 4.79 Å². The average molecular weight is 325 g/mol. The summed E-state index contributed by atoms with van der Waals surface area (Å²) in [6.07, 6.45) is 0. The molecule has 0 spiro atoms. The summed E-state index contributed by atoms with van der Waals surface area (Å²) in [5.74, 6) is 0.952. The van der Waals surface area contributed by atoms with Gasteiger partial charge in [-0.25, -0.2) is 0 Å². The smallest absolute Gasteiger partial charge is 0.253 e. The van der Waals surface area contributed by atoms with Gasteiger partial charge in [-0.3, -0.25) is 4.79 Å². The SMILES string of the molecule is COc1ccccc1N1CCN(C(=O)c2ccc(CN)cc2)CC1. The van der Waals surface area contributed by atoms with Gasteiger partial charge in [0.1, 0.15) is 5.75 Å².